The molecule has 0 fully saturated rings. The van der Waals surface area contributed by atoms with Gasteiger partial charge in [0.2, 0.25) is 5.76 Å². The van der Waals surface area contributed by atoms with Gasteiger partial charge < -0.3 is 19.7 Å². The monoisotopic (exact) mass is 299 g/mol. The molecular formula is C15H9NO6. The van der Waals surface area contributed by atoms with Gasteiger partial charge in [-0.2, -0.15) is 0 Å². The summed E-state index contributed by atoms with van der Waals surface area (Å²) >= 11 is 0. The number of pyridine rings is 1. The Morgan fingerprint density at radius 3 is 2.41 bits per heavy atom. The molecule has 0 saturated carbocycles. The minimum atomic E-state index is -1.36. The molecule has 0 atom stereocenters. The molecule has 110 valence electrons. The van der Waals surface area contributed by atoms with Crippen molar-refractivity contribution in [2.24, 2.45) is 0 Å². The van der Waals surface area contributed by atoms with Crippen LogP contribution >= 0.6 is 0 Å². The number of aromatic nitrogens is 1. The Kier molecular flexibility index (Phi) is 3.03. The molecular weight excluding hydrogens is 290 g/mol. The van der Waals surface area contributed by atoms with Crippen molar-refractivity contribution in [3.63, 3.8) is 0 Å². The fraction of sp³-hybridized carbons (Fsp3) is 0. The topological polar surface area (TPSA) is 121 Å². The standard InChI is InChI=1S/C15H9NO6/c17-5-7-1-9-11(2-8(7)6-18)16-4-10-12(19)3-13(15(20)21)22-14(9)10/h1-6,17-18H,(H,20,21). The predicted molar refractivity (Wildman–Crippen MR) is 78.2 cm³/mol. The lowest BCUT2D eigenvalue weighted by Crippen LogP contribution is -2.24. The van der Waals surface area contributed by atoms with E-state index in [-0.39, 0.29) is 16.2 Å². The van der Waals surface area contributed by atoms with Crippen molar-refractivity contribution in [3.05, 3.63) is 50.8 Å². The van der Waals surface area contributed by atoms with E-state index in [0.717, 1.165) is 18.6 Å². The molecule has 7 heteroatoms. The van der Waals surface area contributed by atoms with Crippen LogP contribution in [0, 0.1) is 0 Å². The second-order valence-corrected chi connectivity index (χ2v) is 4.54. The number of carboxylic acid groups (broad SMARTS) is 1. The summed E-state index contributed by atoms with van der Waals surface area (Å²) in [5.74, 6) is -1.85. The summed E-state index contributed by atoms with van der Waals surface area (Å²) in [6.07, 6.45) is 2.86. The number of benzene rings is 1. The van der Waals surface area contributed by atoms with E-state index < -0.39 is 17.2 Å². The molecule has 0 aliphatic rings. The summed E-state index contributed by atoms with van der Waals surface area (Å²) in [7, 11) is 0. The van der Waals surface area contributed by atoms with Gasteiger partial charge >= 0.3 is 5.97 Å². The van der Waals surface area contributed by atoms with Gasteiger partial charge in [0.15, 0.2) is 5.43 Å². The van der Waals surface area contributed by atoms with E-state index in [2.05, 4.69) is 4.98 Å². The molecule has 0 aliphatic heterocycles. The van der Waals surface area contributed by atoms with Crippen molar-refractivity contribution in [2.45, 2.75) is 0 Å². The molecule has 0 spiro atoms. The first-order valence-electron chi connectivity index (χ1n) is 6.14. The largest absolute Gasteiger partial charge is 0.515 e. The van der Waals surface area contributed by atoms with Crippen molar-refractivity contribution in [2.75, 3.05) is 0 Å². The Hall–Kier alpha value is -3.35. The first-order chi connectivity index (χ1) is 10.5. The van der Waals surface area contributed by atoms with E-state index in [1.54, 1.807) is 0 Å². The van der Waals surface area contributed by atoms with Crippen LogP contribution in [-0.4, -0.2) is 26.3 Å². The minimum Gasteiger partial charge on any atom is -0.515 e. The van der Waals surface area contributed by atoms with Gasteiger partial charge in [0.25, 0.3) is 0 Å². The molecule has 22 heavy (non-hydrogen) atoms. The summed E-state index contributed by atoms with van der Waals surface area (Å²) in [5.41, 5.74) is -0.0908. The molecule has 1 aromatic carbocycles. The van der Waals surface area contributed by atoms with Gasteiger partial charge in [0.05, 0.1) is 23.4 Å². The molecule has 0 amide bonds. The van der Waals surface area contributed by atoms with Crippen LogP contribution < -0.4 is 15.9 Å². The maximum Gasteiger partial charge on any atom is 0.371 e. The number of fused-ring (bicyclic) bond motifs is 3. The molecule has 3 rings (SSSR count). The highest BCUT2D eigenvalue weighted by molar-refractivity contribution is 6.02. The Balaban J connectivity index is 2.60. The highest BCUT2D eigenvalue weighted by Crippen LogP contribution is 2.20. The van der Waals surface area contributed by atoms with Crippen molar-refractivity contribution < 1.29 is 24.5 Å². The Morgan fingerprint density at radius 2 is 1.77 bits per heavy atom. The molecule has 2 aromatic heterocycles. The first kappa shape index (κ1) is 13.6. The zero-order chi connectivity index (χ0) is 15.9. The summed E-state index contributed by atoms with van der Waals surface area (Å²) < 4.78 is 5.28. The lowest BCUT2D eigenvalue weighted by atomic mass is 10.1. The summed E-state index contributed by atoms with van der Waals surface area (Å²) in [4.78, 5) is 27.1. The van der Waals surface area contributed by atoms with Crippen LogP contribution in [0.4, 0.5) is 0 Å². The van der Waals surface area contributed by atoms with E-state index in [9.17, 15) is 14.7 Å². The maximum absolute atomic E-state index is 12.0. The van der Waals surface area contributed by atoms with Crippen molar-refractivity contribution >= 4 is 40.4 Å². The number of aromatic carboxylic acids is 1. The quantitative estimate of drug-likeness (QED) is 0.563. The fourth-order valence-corrected chi connectivity index (χ4v) is 2.20. The predicted octanol–water partition coefficient (Wildman–Crippen LogP) is 0.631. The van der Waals surface area contributed by atoms with Gasteiger partial charge in [-0.15, -0.1) is 0 Å². The van der Waals surface area contributed by atoms with Gasteiger partial charge in [0, 0.05) is 28.1 Å². The molecule has 7 nitrogen and oxygen atoms in total. The molecule has 0 radical (unpaired) electrons. The first-order valence-corrected chi connectivity index (χ1v) is 6.14. The fourth-order valence-electron chi connectivity index (χ4n) is 2.20. The average molecular weight is 299 g/mol. The van der Waals surface area contributed by atoms with Crippen LogP contribution in [0.25, 0.3) is 34.4 Å². The summed E-state index contributed by atoms with van der Waals surface area (Å²) in [6, 6.07) is 3.80. The number of nitrogens with zero attached hydrogens (tertiary/aromatic N) is 1. The van der Waals surface area contributed by atoms with Crippen LogP contribution in [0.1, 0.15) is 10.6 Å². The number of carbonyl (C=O) groups is 1. The number of carboxylic acids is 1. The normalized spacial score (nSPS) is 13.1. The van der Waals surface area contributed by atoms with Gasteiger partial charge in [0.1, 0.15) is 5.58 Å². The van der Waals surface area contributed by atoms with Crippen LogP contribution in [0.3, 0.4) is 0 Å². The molecule has 2 heterocycles. The molecule has 0 saturated heterocycles. The van der Waals surface area contributed by atoms with Gasteiger partial charge in [-0.3, -0.25) is 9.78 Å². The second-order valence-electron chi connectivity index (χ2n) is 4.54. The number of aliphatic hydroxyl groups excluding tert-OH is 2. The smallest absolute Gasteiger partial charge is 0.371 e. The molecule has 3 N–H and O–H groups in total. The van der Waals surface area contributed by atoms with Crippen LogP contribution in [0.15, 0.2) is 33.6 Å². The third-order valence-corrected chi connectivity index (χ3v) is 3.25. The third-order valence-electron chi connectivity index (χ3n) is 3.25. The molecule has 0 bridgehead atoms. The van der Waals surface area contributed by atoms with E-state index in [0.29, 0.717) is 16.1 Å². The van der Waals surface area contributed by atoms with Crippen molar-refractivity contribution in [1.29, 1.82) is 0 Å². The number of hydrogen-bond acceptors (Lipinski definition) is 6. The lowest BCUT2D eigenvalue weighted by molar-refractivity contribution is 0.0663. The minimum absolute atomic E-state index is 0.0579. The van der Waals surface area contributed by atoms with Gasteiger partial charge in [-0.05, 0) is 12.1 Å². The number of aliphatic hydroxyl groups is 2. The molecule has 0 unspecified atom stereocenters. The Labute approximate surface area is 121 Å². The average Bonchev–Trinajstić information content (AvgIpc) is 2.52. The highest BCUT2D eigenvalue weighted by Gasteiger charge is 2.13. The van der Waals surface area contributed by atoms with Crippen LogP contribution in [0.5, 0.6) is 0 Å². The number of hydrogen-bond donors (Lipinski definition) is 3. The van der Waals surface area contributed by atoms with E-state index >= 15 is 0 Å². The summed E-state index contributed by atoms with van der Waals surface area (Å²) in [5, 5.41) is 28.4. The van der Waals surface area contributed by atoms with Crippen LogP contribution in [0.2, 0.25) is 0 Å². The van der Waals surface area contributed by atoms with Crippen LogP contribution in [-0.2, 0) is 0 Å². The maximum atomic E-state index is 12.0. The van der Waals surface area contributed by atoms with Gasteiger partial charge in [-0.25, -0.2) is 4.79 Å². The Morgan fingerprint density at radius 1 is 1.09 bits per heavy atom. The third kappa shape index (κ3) is 1.96. The zero-order valence-electron chi connectivity index (χ0n) is 11.0. The lowest BCUT2D eigenvalue weighted by Gasteiger charge is -2.03. The molecule has 0 aliphatic carbocycles. The molecule has 3 aromatic rings. The van der Waals surface area contributed by atoms with Crippen molar-refractivity contribution in [3.8, 4) is 0 Å². The zero-order valence-corrected chi connectivity index (χ0v) is 11.0. The highest BCUT2D eigenvalue weighted by atomic mass is 16.4. The van der Waals surface area contributed by atoms with Crippen molar-refractivity contribution in [1.82, 2.24) is 4.98 Å². The van der Waals surface area contributed by atoms with Gasteiger partial charge in [-0.1, -0.05) is 0 Å². The van der Waals surface area contributed by atoms with E-state index in [1.807, 2.05) is 0 Å². The second kappa shape index (κ2) is 4.88. The SMILES string of the molecule is O=C(O)c1cc(=O)c2cnc3cc(=CO)c(=CO)cc3c2o1. The number of rotatable bonds is 1. The van der Waals surface area contributed by atoms with E-state index in [1.165, 1.54) is 18.3 Å². The van der Waals surface area contributed by atoms with E-state index in [4.69, 9.17) is 14.6 Å². The summed E-state index contributed by atoms with van der Waals surface area (Å²) in [6.45, 7) is 0. The Bertz CT molecular complexity index is 1100.